The van der Waals surface area contributed by atoms with Crippen molar-refractivity contribution in [3.63, 3.8) is 0 Å². The number of benzene rings is 10. The SMILES string of the molecule is c1ccc(-c2ccc(-c3ccc(N(c4ccccc4)c4cc5c(c6ccccc46)C(c4ccccc4)(c4ccccc4)c4cc(-c6ccccc6)ccc4-5)cc3)cc2)cc1. The summed E-state index contributed by atoms with van der Waals surface area (Å²) in [6.45, 7) is 0. The molecule has 0 radical (unpaired) electrons. The number of rotatable bonds is 8. The molecule has 0 heterocycles. The average molecular weight is 764 g/mol. The zero-order valence-corrected chi connectivity index (χ0v) is 33.1. The number of hydrogen-bond acceptors (Lipinski definition) is 1. The number of fused-ring (bicyclic) bond motifs is 5. The predicted octanol–water partition coefficient (Wildman–Crippen LogP) is 15.7. The van der Waals surface area contributed by atoms with E-state index in [1.807, 2.05) is 0 Å². The highest BCUT2D eigenvalue weighted by Gasteiger charge is 2.48. The van der Waals surface area contributed by atoms with E-state index in [0.717, 1.165) is 17.1 Å². The molecule has 11 rings (SSSR count). The molecule has 1 aliphatic carbocycles. The van der Waals surface area contributed by atoms with E-state index in [1.54, 1.807) is 0 Å². The minimum Gasteiger partial charge on any atom is -0.310 e. The van der Waals surface area contributed by atoms with Gasteiger partial charge >= 0.3 is 0 Å². The molecule has 10 aromatic rings. The maximum Gasteiger partial charge on any atom is 0.0719 e. The van der Waals surface area contributed by atoms with Crippen LogP contribution in [0.4, 0.5) is 17.1 Å². The van der Waals surface area contributed by atoms with Crippen LogP contribution in [0.3, 0.4) is 0 Å². The van der Waals surface area contributed by atoms with Gasteiger partial charge in [-0.15, -0.1) is 0 Å². The van der Waals surface area contributed by atoms with Crippen molar-refractivity contribution >= 4 is 27.8 Å². The lowest BCUT2D eigenvalue weighted by Gasteiger charge is -2.35. The summed E-state index contributed by atoms with van der Waals surface area (Å²) in [5.41, 5.74) is 17.7. The molecule has 1 nitrogen and oxygen atoms in total. The van der Waals surface area contributed by atoms with Gasteiger partial charge in [0.25, 0.3) is 0 Å². The molecule has 1 aliphatic rings. The first-order valence-corrected chi connectivity index (χ1v) is 20.8. The van der Waals surface area contributed by atoms with E-state index in [-0.39, 0.29) is 0 Å². The van der Waals surface area contributed by atoms with Crippen molar-refractivity contribution in [3.05, 3.63) is 271 Å². The van der Waals surface area contributed by atoms with Gasteiger partial charge < -0.3 is 4.90 Å². The van der Waals surface area contributed by atoms with E-state index in [0.29, 0.717) is 0 Å². The molecule has 0 amide bonds. The molecule has 0 spiro atoms. The molecule has 0 aromatic heterocycles. The van der Waals surface area contributed by atoms with Gasteiger partial charge in [0.1, 0.15) is 0 Å². The van der Waals surface area contributed by atoms with Crippen LogP contribution in [-0.2, 0) is 5.41 Å². The van der Waals surface area contributed by atoms with Gasteiger partial charge in [-0.05, 0) is 109 Å². The van der Waals surface area contributed by atoms with Crippen molar-refractivity contribution in [1.82, 2.24) is 0 Å². The molecule has 0 N–H and O–H groups in total. The largest absolute Gasteiger partial charge is 0.310 e. The quantitative estimate of drug-likeness (QED) is 0.149. The first kappa shape index (κ1) is 35.4. The van der Waals surface area contributed by atoms with E-state index in [4.69, 9.17) is 0 Å². The van der Waals surface area contributed by atoms with Crippen LogP contribution in [0, 0.1) is 0 Å². The number of anilines is 3. The van der Waals surface area contributed by atoms with Crippen molar-refractivity contribution in [2.24, 2.45) is 0 Å². The topological polar surface area (TPSA) is 3.24 Å². The van der Waals surface area contributed by atoms with Crippen LogP contribution < -0.4 is 4.90 Å². The van der Waals surface area contributed by atoms with Crippen LogP contribution >= 0.6 is 0 Å². The lowest BCUT2D eigenvalue weighted by atomic mass is 9.66. The second kappa shape index (κ2) is 14.9. The van der Waals surface area contributed by atoms with E-state index in [9.17, 15) is 0 Å². The molecule has 1 heteroatoms. The molecule has 282 valence electrons. The van der Waals surface area contributed by atoms with Gasteiger partial charge in [0, 0.05) is 16.8 Å². The summed E-state index contributed by atoms with van der Waals surface area (Å²) in [5.74, 6) is 0. The van der Waals surface area contributed by atoms with Crippen LogP contribution in [0.2, 0.25) is 0 Å². The molecule has 0 unspecified atom stereocenters. The minimum absolute atomic E-state index is 0.564. The standard InChI is InChI=1S/C59H41N/c1-6-18-42(19-7-1)44-30-32-45(33-31-44)46-34-37-51(38-35-46)60(50-26-14-5-15-27-50)57-41-55-52-39-36-47(43-20-8-2-9-21-43)40-56(52)59(48-22-10-3-11-23-48,49-24-12-4-13-25-49)58(55)54-29-17-16-28-53(54)57/h1-41H. The first-order valence-electron chi connectivity index (χ1n) is 20.8. The summed E-state index contributed by atoms with van der Waals surface area (Å²) < 4.78 is 0. The van der Waals surface area contributed by atoms with Crippen molar-refractivity contribution in [2.75, 3.05) is 4.90 Å². The molecule has 10 aromatic carbocycles. The highest BCUT2D eigenvalue weighted by molar-refractivity contribution is 6.09. The Kier molecular flexibility index (Phi) is 8.79. The summed E-state index contributed by atoms with van der Waals surface area (Å²) in [6.07, 6.45) is 0. The van der Waals surface area contributed by atoms with Gasteiger partial charge in [-0.25, -0.2) is 0 Å². The highest BCUT2D eigenvalue weighted by Crippen LogP contribution is 2.60. The van der Waals surface area contributed by atoms with Gasteiger partial charge in [-0.3, -0.25) is 0 Å². The molecule has 60 heavy (non-hydrogen) atoms. The Hall–Kier alpha value is -7.74. The summed E-state index contributed by atoms with van der Waals surface area (Å²) in [7, 11) is 0. The third kappa shape index (κ3) is 5.86. The smallest absolute Gasteiger partial charge is 0.0719 e. The van der Waals surface area contributed by atoms with Crippen LogP contribution in [0.15, 0.2) is 249 Å². The van der Waals surface area contributed by atoms with E-state index >= 15 is 0 Å². The van der Waals surface area contributed by atoms with Gasteiger partial charge in [-0.2, -0.15) is 0 Å². The van der Waals surface area contributed by atoms with Crippen molar-refractivity contribution in [2.45, 2.75) is 5.41 Å². The maximum absolute atomic E-state index is 2.47. The Labute approximate surface area is 352 Å². The Bertz CT molecular complexity index is 3050. The van der Waals surface area contributed by atoms with E-state index in [2.05, 4.69) is 254 Å². The molecule has 0 aliphatic heterocycles. The molecule has 0 bridgehead atoms. The number of nitrogens with zero attached hydrogens (tertiary/aromatic N) is 1. The Morgan fingerprint density at radius 3 is 1.23 bits per heavy atom. The Balaban J connectivity index is 1.14. The number of para-hydroxylation sites is 1. The van der Waals surface area contributed by atoms with Gasteiger partial charge in [-0.1, -0.05) is 212 Å². The molecule has 0 saturated heterocycles. The highest BCUT2D eigenvalue weighted by atomic mass is 15.1. The Morgan fingerprint density at radius 2 is 0.683 bits per heavy atom. The maximum atomic E-state index is 2.47. The molecule has 0 saturated carbocycles. The number of hydrogen-bond donors (Lipinski definition) is 0. The fourth-order valence-electron chi connectivity index (χ4n) is 9.63. The second-order valence-corrected chi connectivity index (χ2v) is 15.6. The van der Waals surface area contributed by atoms with Gasteiger partial charge in [0.2, 0.25) is 0 Å². The minimum atomic E-state index is -0.564. The summed E-state index contributed by atoms with van der Waals surface area (Å²) >= 11 is 0. The van der Waals surface area contributed by atoms with Crippen LogP contribution in [-0.4, -0.2) is 0 Å². The summed E-state index contributed by atoms with van der Waals surface area (Å²) in [5, 5.41) is 2.44. The van der Waals surface area contributed by atoms with Crippen LogP contribution in [0.25, 0.3) is 55.3 Å². The first-order chi connectivity index (χ1) is 29.8. The normalized spacial score (nSPS) is 12.5. The van der Waals surface area contributed by atoms with Crippen molar-refractivity contribution in [3.8, 4) is 44.5 Å². The van der Waals surface area contributed by atoms with E-state index < -0.39 is 5.41 Å². The molecule has 0 atom stereocenters. The second-order valence-electron chi connectivity index (χ2n) is 15.6. The lowest BCUT2D eigenvalue weighted by molar-refractivity contribution is 0.776. The molecular weight excluding hydrogens is 723 g/mol. The van der Waals surface area contributed by atoms with Crippen LogP contribution in [0.5, 0.6) is 0 Å². The molecule has 0 fully saturated rings. The van der Waals surface area contributed by atoms with E-state index in [1.165, 1.54) is 77.5 Å². The van der Waals surface area contributed by atoms with Crippen molar-refractivity contribution in [1.29, 1.82) is 0 Å². The van der Waals surface area contributed by atoms with Crippen molar-refractivity contribution < 1.29 is 0 Å². The predicted molar refractivity (Wildman–Crippen MR) is 252 cm³/mol. The fourth-order valence-corrected chi connectivity index (χ4v) is 9.63. The lowest BCUT2D eigenvalue weighted by Crippen LogP contribution is -2.29. The third-order valence-corrected chi connectivity index (χ3v) is 12.3. The Morgan fingerprint density at radius 1 is 0.283 bits per heavy atom. The van der Waals surface area contributed by atoms with Crippen LogP contribution in [0.1, 0.15) is 22.3 Å². The zero-order valence-electron chi connectivity index (χ0n) is 33.1. The summed E-state index contributed by atoms with van der Waals surface area (Å²) in [4.78, 5) is 2.44. The molecular formula is C59H41N. The summed E-state index contributed by atoms with van der Waals surface area (Å²) in [6, 6.07) is 91.0. The average Bonchev–Trinajstić information content (AvgIpc) is 3.64. The fraction of sp³-hybridized carbons (Fsp3) is 0.0169. The monoisotopic (exact) mass is 763 g/mol. The third-order valence-electron chi connectivity index (χ3n) is 12.3. The zero-order chi connectivity index (χ0) is 39.9. The van der Waals surface area contributed by atoms with Gasteiger partial charge in [0.15, 0.2) is 0 Å². The van der Waals surface area contributed by atoms with Gasteiger partial charge in [0.05, 0.1) is 11.1 Å².